The lowest BCUT2D eigenvalue weighted by Gasteiger charge is -2.25. The Balaban J connectivity index is 1.81. The van der Waals surface area contributed by atoms with E-state index in [1.807, 2.05) is 6.20 Å². The predicted molar refractivity (Wildman–Crippen MR) is 46.2 cm³/mol. The van der Waals surface area contributed by atoms with E-state index in [-0.39, 0.29) is 0 Å². The molecule has 0 bridgehead atoms. The molecular formula is C9H13N3. The van der Waals surface area contributed by atoms with Gasteiger partial charge in [0.2, 0.25) is 0 Å². The molecule has 3 heteroatoms. The highest BCUT2D eigenvalue weighted by Crippen LogP contribution is 2.38. The van der Waals surface area contributed by atoms with Crippen molar-refractivity contribution in [2.75, 3.05) is 13.1 Å². The van der Waals surface area contributed by atoms with Crippen molar-refractivity contribution in [3.05, 3.63) is 17.7 Å². The molecule has 2 N–H and O–H groups in total. The zero-order valence-electron chi connectivity index (χ0n) is 7.01. The molecular weight excluding hydrogens is 150 g/mol. The molecule has 0 radical (unpaired) electrons. The van der Waals surface area contributed by atoms with Gasteiger partial charge < -0.3 is 10.3 Å². The molecule has 1 saturated heterocycles. The molecule has 0 spiro atoms. The van der Waals surface area contributed by atoms with Crippen LogP contribution in [0.1, 0.15) is 36.2 Å². The largest absolute Gasteiger partial charge is 0.345 e. The van der Waals surface area contributed by atoms with E-state index >= 15 is 0 Å². The van der Waals surface area contributed by atoms with E-state index in [0.717, 1.165) is 19.0 Å². The summed E-state index contributed by atoms with van der Waals surface area (Å²) >= 11 is 0. The molecule has 0 unspecified atom stereocenters. The van der Waals surface area contributed by atoms with Gasteiger partial charge in [0, 0.05) is 36.8 Å². The molecule has 3 rings (SSSR count). The minimum atomic E-state index is 0.699. The first-order chi connectivity index (χ1) is 5.93. The monoisotopic (exact) mass is 163 g/mol. The molecule has 0 aromatic carbocycles. The fourth-order valence-corrected chi connectivity index (χ4v) is 1.63. The lowest BCUT2D eigenvalue weighted by atomic mass is 10.0. The van der Waals surface area contributed by atoms with E-state index in [1.165, 1.54) is 24.4 Å². The van der Waals surface area contributed by atoms with Crippen molar-refractivity contribution in [2.45, 2.75) is 24.7 Å². The maximum atomic E-state index is 4.40. The average molecular weight is 163 g/mol. The second kappa shape index (κ2) is 2.33. The number of aromatic amines is 1. The third kappa shape index (κ3) is 0.966. The molecule has 1 aliphatic carbocycles. The smallest absolute Gasteiger partial charge is 0.109 e. The van der Waals surface area contributed by atoms with Gasteiger partial charge in [-0.3, -0.25) is 0 Å². The third-order valence-corrected chi connectivity index (χ3v) is 2.80. The molecule has 3 nitrogen and oxygen atoms in total. The van der Waals surface area contributed by atoms with Gasteiger partial charge in [0.15, 0.2) is 0 Å². The van der Waals surface area contributed by atoms with Crippen LogP contribution in [0.5, 0.6) is 0 Å². The summed E-state index contributed by atoms with van der Waals surface area (Å²) in [5, 5.41) is 3.27. The van der Waals surface area contributed by atoms with Crippen LogP contribution < -0.4 is 5.32 Å². The van der Waals surface area contributed by atoms with Crippen LogP contribution in [0.15, 0.2) is 6.20 Å². The number of nitrogens with zero attached hydrogens (tertiary/aromatic N) is 1. The van der Waals surface area contributed by atoms with Gasteiger partial charge in [0.25, 0.3) is 0 Å². The molecule has 2 aliphatic rings. The summed E-state index contributed by atoms with van der Waals surface area (Å²) < 4.78 is 0. The molecule has 1 saturated carbocycles. The Bertz CT molecular complexity index is 284. The fraction of sp³-hybridized carbons (Fsp3) is 0.667. The second-order valence-electron chi connectivity index (χ2n) is 3.85. The third-order valence-electron chi connectivity index (χ3n) is 2.80. The molecule has 2 heterocycles. The Morgan fingerprint density at radius 1 is 1.25 bits per heavy atom. The van der Waals surface area contributed by atoms with Gasteiger partial charge in [-0.05, 0) is 12.8 Å². The topological polar surface area (TPSA) is 40.7 Å². The Kier molecular flexibility index (Phi) is 1.29. The molecule has 1 aromatic heterocycles. The van der Waals surface area contributed by atoms with Crippen LogP contribution in [0.4, 0.5) is 0 Å². The molecule has 1 aromatic rings. The molecule has 2 fully saturated rings. The summed E-state index contributed by atoms with van der Waals surface area (Å²) in [5.74, 6) is 2.67. The van der Waals surface area contributed by atoms with Crippen molar-refractivity contribution in [1.29, 1.82) is 0 Å². The molecule has 12 heavy (non-hydrogen) atoms. The average Bonchev–Trinajstić information content (AvgIpc) is 2.70. The number of rotatable bonds is 2. The van der Waals surface area contributed by atoms with Gasteiger partial charge >= 0.3 is 0 Å². The van der Waals surface area contributed by atoms with Crippen molar-refractivity contribution < 1.29 is 0 Å². The van der Waals surface area contributed by atoms with Gasteiger partial charge in [-0.15, -0.1) is 0 Å². The van der Waals surface area contributed by atoms with Crippen molar-refractivity contribution in [2.24, 2.45) is 0 Å². The van der Waals surface area contributed by atoms with Gasteiger partial charge in [-0.25, -0.2) is 4.98 Å². The number of nitrogens with one attached hydrogen (secondary N) is 2. The zero-order chi connectivity index (χ0) is 7.97. The first kappa shape index (κ1) is 6.66. The lowest BCUT2D eigenvalue weighted by molar-refractivity contribution is 0.440. The van der Waals surface area contributed by atoms with Gasteiger partial charge in [-0.2, -0.15) is 0 Å². The van der Waals surface area contributed by atoms with Crippen LogP contribution in [0.25, 0.3) is 0 Å². The predicted octanol–water partition coefficient (Wildman–Crippen LogP) is 0.974. The van der Waals surface area contributed by atoms with E-state index < -0.39 is 0 Å². The first-order valence-corrected chi connectivity index (χ1v) is 4.69. The summed E-state index contributed by atoms with van der Waals surface area (Å²) in [5.41, 5.74) is 1.33. The standard InChI is InChI=1S/C9H13N3/c1-2-6(1)9-11-5-8(12-9)7-3-10-4-7/h5-7,10H,1-4H2,(H,11,12). The molecule has 0 amide bonds. The number of imidazole rings is 1. The Morgan fingerprint density at radius 3 is 2.67 bits per heavy atom. The van der Waals surface area contributed by atoms with E-state index in [1.54, 1.807) is 0 Å². The van der Waals surface area contributed by atoms with Crippen LogP contribution in [-0.2, 0) is 0 Å². The highest BCUT2D eigenvalue weighted by molar-refractivity contribution is 5.16. The Hall–Kier alpha value is -0.830. The van der Waals surface area contributed by atoms with Gasteiger partial charge in [-0.1, -0.05) is 0 Å². The van der Waals surface area contributed by atoms with E-state index in [0.29, 0.717) is 5.92 Å². The Morgan fingerprint density at radius 2 is 2.08 bits per heavy atom. The summed E-state index contributed by atoms with van der Waals surface area (Å²) in [6, 6.07) is 0. The maximum Gasteiger partial charge on any atom is 0.109 e. The normalized spacial score (nSPS) is 24.0. The van der Waals surface area contributed by atoms with Crippen LogP contribution in [0, 0.1) is 0 Å². The molecule has 64 valence electrons. The highest BCUT2D eigenvalue weighted by atomic mass is 15.0. The summed E-state index contributed by atoms with van der Waals surface area (Å²) in [6.45, 7) is 2.23. The number of hydrogen-bond donors (Lipinski definition) is 2. The highest BCUT2D eigenvalue weighted by Gasteiger charge is 2.28. The van der Waals surface area contributed by atoms with Gasteiger partial charge in [0.1, 0.15) is 5.82 Å². The molecule has 0 atom stereocenters. The first-order valence-electron chi connectivity index (χ1n) is 4.69. The van der Waals surface area contributed by atoms with E-state index in [4.69, 9.17) is 0 Å². The summed E-state index contributed by atoms with van der Waals surface area (Å²) in [6.07, 6.45) is 4.67. The van der Waals surface area contributed by atoms with Crippen LogP contribution in [0.3, 0.4) is 0 Å². The second-order valence-corrected chi connectivity index (χ2v) is 3.85. The van der Waals surface area contributed by atoms with Crippen LogP contribution in [0.2, 0.25) is 0 Å². The van der Waals surface area contributed by atoms with Crippen molar-refractivity contribution in [3.8, 4) is 0 Å². The van der Waals surface area contributed by atoms with Crippen molar-refractivity contribution in [1.82, 2.24) is 15.3 Å². The van der Waals surface area contributed by atoms with E-state index in [2.05, 4.69) is 15.3 Å². The quantitative estimate of drug-likeness (QED) is 0.682. The van der Waals surface area contributed by atoms with Gasteiger partial charge in [0.05, 0.1) is 0 Å². The Labute approximate surface area is 71.6 Å². The van der Waals surface area contributed by atoms with Crippen molar-refractivity contribution >= 4 is 0 Å². The fourth-order valence-electron chi connectivity index (χ4n) is 1.63. The lowest BCUT2D eigenvalue weighted by Crippen LogP contribution is -2.40. The van der Waals surface area contributed by atoms with Crippen LogP contribution >= 0.6 is 0 Å². The zero-order valence-corrected chi connectivity index (χ0v) is 7.01. The number of hydrogen-bond acceptors (Lipinski definition) is 2. The number of aromatic nitrogens is 2. The minimum Gasteiger partial charge on any atom is -0.345 e. The van der Waals surface area contributed by atoms with Crippen molar-refractivity contribution in [3.63, 3.8) is 0 Å². The SMILES string of the molecule is c1nc(C2CC2)[nH]c1C1CNC1. The number of H-pyrrole nitrogens is 1. The summed E-state index contributed by atoms with van der Waals surface area (Å²) in [4.78, 5) is 7.82. The maximum absolute atomic E-state index is 4.40. The summed E-state index contributed by atoms with van der Waals surface area (Å²) in [7, 11) is 0. The van der Waals surface area contributed by atoms with Crippen LogP contribution in [-0.4, -0.2) is 23.1 Å². The molecule has 1 aliphatic heterocycles. The minimum absolute atomic E-state index is 0.699. The van der Waals surface area contributed by atoms with E-state index in [9.17, 15) is 0 Å².